The van der Waals surface area contributed by atoms with Gasteiger partial charge in [-0.25, -0.2) is 20.1 Å². The first-order valence-corrected chi connectivity index (χ1v) is 6.68. The first-order chi connectivity index (χ1) is 9.74. The highest BCUT2D eigenvalue weighted by Gasteiger charge is 2.14. The summed E-state index contributed by atoms with van der Waals surface area (Å²) in [5.74, 6) is 1.51. The Balaban J connectivity index is 0.00000161. The molecule has 3 rings (SSSR count). The maximum absolute atomic E-state index is 4.46. The molecule has 9 heteroatoms. The Morgan fingerprint density at radius 1 is 1.29 bits per heavy atom. The molecule has 0 bridgehead atoms. The van der Waals surface area contributed by atoms with Gasteiger partial charge in [0.2, 0.25) is 11.9 Å². The number of nitrogens with one attached hydrogen (secondary N) is 3. The van der Waals surface area contributed by atoms with Crippen LogP contribution < -0.4 is 16.1 Å². The maximum atomic E-state index is 4.46. The average molecular weight is 355 g/mol. The lowest BCUT2D eigenvalue weighted by Gasteiger charge is -2.02. The lowest BCUT2D eigenvalue weighted by Crippen LogP contribution is -2.30. The van der Waals surface area contributed by atoms with Crippen molar-refractivity contribution in [1.29, 1.82) is 0 Å². The Kier molecular flexibility index (Phi) is 4.94. The van der Waals surface area contributed by atoms with Crippen molar-refractivity contribution in [2.24, 2.45) is 15.1 Å². The van der Waals surface area contributed by atoms with E-state index < -0.39 is 0 Å². The van der Waals surface area contributed by atoms with Crippen LogP contribution in [0.4, 0.5) is 0 Å². The van der Waals surface area contributed by atoms with Crippen LogP contribution in [0, 0.1) is 6.92 Å². The van der Waals surface area contributed by atoms with Gasteiger partial charge < -0.3 is 10.6 Å². The molecule has 8 nitrogen and oxygen atoms in total. The fraction of sp³-hybridized carbons (Fsp3) is 0.500. The predicted octanol–water partition coefficient (Wildman–Crippen LogP) is -0.150. The molecule has 1 aromatic heterocycles. The number of aromatic nitrogens is 2. The monoisotopic (exact) mass is 354 g/mol. The molecule has 0 amide bonds. The van der Waals surface area contributed by atoms with E-state index in [-0.39, 0.29) is 17.0 Å². The van der Waals surface area contributed by atoms with Crippen LogP contribution in [0.2, 0.25) is 0 Å². The third kappa shape index (κ3) is 3.41. The molecule has 1 aromatic rings. The van der Waals surface area contributed by atoms with Crippen LogP contribution in [0.3, 0.4) is 0 Å². The minimum Gasteiger partial charge on any atom is -0.353 e. The lowest BCUT2D eigenvalue weighted by molar-refractivity contribution is 0.862. The van der Waals surface area contributed by atoms with Crippen molar-refractivity contribution in [1.82, 2.24) is 25.8 Å². The fourth-order valence-corrected chi connectivity index (χ4v) is 2.13. The molecule has 21 heavy (non-hydrogen) atoms. The molecule has 3 N–H and O–H groups in total. The Hall–Kier alpha value is -1.90. The van der Waals surface area contributed by atoms with E-state index in [1.54, 1.807) is 4.68 Å². The second-order valence-electron chi connectivity index (χ2n) is 4.67. The van der Waals surface area contributed by atoms with Crippen LogP contribution in [0.5, 0.6) is 0 Å². The highest BCUT2D eigenvalue weighted by molar-refractivity contribution is 8.93. The topological polar surface area (TPSA) is 91.0 Å². The molecule has 0 unspecified atom stereocenters. The smallest absolute Gasteiger partial charge is 0.219 e. The summed E-state index contributed by atoms with van der Waals surface area (Å²) in [6.45, 7) is 7.22. The van der Waals surface area contributed by atoms with Crippen LogP contribution in [-0.4, -0.2) is 53.6 Å². The quantitative estimate of drug-likeness (QED) is 0.508. The van der Waals surface area contributed by atoms with Crippen LogP contribution in [-0.2, 0) is 0 Å². The van der Waals surface area contributed by atoms with E-state index in [4.69, 9.17) is 0 Å². The predicted molar refractivity (Wildman–Crippen MR) is 88.6 cm³/mol. The summed E-state index contributed by atoms with van der Waals surface area (Å²) >= 11 is 0. The number of nitrogens with zero attached hydrogens (tertiary/aromatic N) is 5. The molecule has 114 valence electrons. The van der Waals surface area contributed by atoms with E-state index in [0.29, 0.717) is 0 Å². The number of halogens is 1. The highest BCUT2D eigenvalue weighted by Crippen LogP contribution is 2.07. The first kappa shape index (κ1) is 15.5. The van der Waals surface area contributed by atoms with Crippen molar-refractivity contribution in [2.75, 3.05) is 26.2 Å². The van der Waals surface area contributed by atoms with Gasteiger partial charge in [-0.1, -0.05) is 0 Å². The summed E-state index contributed by atoms with van der Waals surface area (Å²) in [6, 6.07) is 0. The molecular weight excluding hydrogens is 336 g/mol. The fourth-order valence-electron chi connectivity index (χ4n) is 2.13. The molecule has 0 aromatic carbocycles. The molecule has 2 aliphatic rings. The van der Waals surface area contributed by atoms with Gasteiger partial charge in [0, 0.05) is 24.8 Å². The molecule has 0 atom stereocenters. The van der Waals surface area contributed by atoms with Gasteiger partial charge in [-0.15, -0.1) is 17.0 Å². The van der Waals surface area contributed by atoms with Crippen LogP contribution in [0.1, 0.15) is 18.2 Å². The molecule has 2 aliphatic heterocycles. The summed E-state index contributed by atoms with van der Waals surface area (Å²) in [6.07, 6.45) is 1.94. The second kappa shape index (κ2) is 6.70. The number of hydrogen-bond acceptors (Lipinski definition) is 7. The second-order valence-corrected chi connectivity index (χ2v) is 4.67. The van der Waals surface area contributed by atoms with Gasteiger partial charge in [-0.3, -0.25) is 0 Å². The summed E-state index contributed by atoms with van der Waals surface area (Å²) in [5.41, 5.74) is 5.71. The number of rotatable bonds is 2. The number of hydrazone groups is 1. The van der Waals surface area contributed by atoms with Gasteiger partial charge in [0.05, 0.1) is 24.5 Å². The average Bonchev–Trinajstić information content (AvgIpc) is 3.17. The first-order valence-electron chi connectivity index (χ1n) is 6.68. The maximum Gasteiger partial charge on any atom is 0.219 e. The Labute approximate surface area is 133 Å². The largest absolute Gasteiger partial charge is 0.353 e. The Morgan fingerprint density at radius 3 is 2.71 bits per heavy atom. The van der Waals surface area contributed by atoms with Gasteiger partial charge in [-0.05, 0) is 13.8 Å². The third-order valence-electron chi connectivity index (χ3n) is 3.17. The van der Waals surface area contributed by atoms with Crippen molar-refractivity contribution in [2.45, 2.75) is 13.8 Å². The zero-order valence-electron chi connectivity index (χ0n) is 12.1. The molecule has 0 saturated heterocycles. The van der Waals surface area contributed by atoms with Crippen molar-refractivity contribution >= 4 is 34.6 Å². The third-order valence-corrected chi connectivity index (χ3v) is 3.17. The highest BCUT2D eigenvalue weighted by atomic mass is 79.9. The zero-order chi connectivity index (χ0) is 13.9. The van der Waals surface area contributed by atoms with E-state index in [9.17, 15) is 0 Å². The SMILES string of the molecule is Br.C/C(=N\NC1=NCCN1)c1cn(C2=NCCN2)nc1C. The summed E-state index contributed by atoms with van der Waals surface area (Å²) in [7, 11) is 0. The van der Waals surface area contributed by atoms with Gasteiger partial charge in [0.15, 0.2) is 0 Å². The minimum atomic E-state index is 0. The van der Waals surface area contributed by atoms with Crippen molar-refractivity contribution < 1.29 is 0 Å². The normalized spacial score (nSPS) is 17.5. The van der Waals surface area contributed by atoms with E-state index in [0.717, 1.165) is 55.1 Å². The van der Waals surface area contributed by atoms with Gasteiger partial charge >= 0.3 is 0 Å². The van der Waals surface area contributed by atoms with Crippen LogP contribution >= 0.6 is 17.0 Å². The van der Waals surface area contributed by atoms with Crippen LogP contribution in [0.25, 0.3) is 0 Å². The Bertz CT molecular complexity index is 600. The molecule has 3 heterocycles. The van der Waals surface area contributed by atoms with E-state index in [1.807, 2.05) is 20.0 Å². The molecule has 0 aliphatic carbocycles. The molecule has 0 fully saturated rings. The van der Waals surface area contributed by atoms with E-state index in [2.05, 4.69) is 36.2 Å². The molecule has 0 saturated carbocycles. The molecule has 0 radical (unpaired) electrons. The van der Waals surface area contributed by atoms with Gasteiger partial charge in [0.25, 0.3) is 0 Å². The van der Waals surface area contributed by atoms with E-state index >= 15 is 0 Å². The van der Waals surface area contributed by atoms with Gasteiger partial charge in [-0.2, -0.15) is 10.2 Å². The summed E-state index contributed by atoms with van der Waals surface area (Å²) in [4.78, 5) is 8.58. The molecular formula is C12H19BrN8. The standard InChI is InChI=1S/C12H18N8.BrH/c1-8(17-18-11-13-3-4-14-11)10-7-20(19-9(10)2)12-15-5-6-16-12;/h7H,3-6H2,1-2H3,(H,15,16)(H2,13,14,18);1H/b17-8+;. The number of aryl methyl sites for hydroxylation is 1. The summed E-state index contributed by atoms with van der Waals surface area (Å²) < 4.78 is 1.77. The number of hydrogen-bond donors (Lipinski definition) is 3. The number of guanidine groups is 1. The zero-order valence-corrected chi connectivity index (χ0v) is 13.8. The summed E-state index contributed by atoms with van der Waals surface area (Å²) in [5, 5.41) is 15.1. The van der Waals surface area contributed by atoms with Crippen molar-refractivity contribution in [3.63, 3.8) is 0 Å². The van der Waals surface area contributed by atoms with Gasteiger partial charge in [0.1, 0.15) is 0 Å². The van der Waals surface area contributed by atoms with E-state index in [1.165, 1.54) is 0 Å². The number of aliphatic imine (C=N–C) groups is 2. The minimum absolute atomic E-state index is 0. The Morgan fingerprint density at radius 2 is 2.05 bits per heavy atom. The molecule has 0 spiro atoms. The van der Waals surface area contributed by atoms with Crippen molar-refractivity contribution in [3.8, 4) is 0 Å². The van der Waals surface area contributed by atoms with Crippen molar-refractivity contribution in [3.05, 3.63) is 17.5 Å². The van der Waals surface area contributed by atoms with Crippen LogP contribution in [0.15, 0.2) is 21.3 Å². The lowest BCUT2D eigenvalue weighted by atomic mass is 10.2.